The molecule has 206 valence electrons. The van der Waals surface area contributed by atoms with Gasteiger partial charge in [0.2, 0.25) is 5.91 Å². The summed E-state index contributed by atoms with van der Waals surface area (Å²) in [7, 11) is 0. The van der Waals surface area contributed by atoms with Gasteiger partial charge < -0.3 is 20.3 Å². The summed E-state index contributed by atoms with van der Waals surface area (Å²) in [6.45, 7) is 6.21. The summed E-state index contributed by atoms with van der Waals surface area (Å²) in [6.07, 6.45) is 2.66. The Balaban J connectivity index is 1.33. The van der Waals surface area contributed by atoms with Gasteiger partial charge in [0.05, 0.1) is 12.2 Å². The number of hydrogen-bond acceptors (Lipinski definition) is 4. The standard InChI is InChI=1S/C29H36F3N3O3/c1-29(2,32)18-34-11-7-19(8-12-34)17-38-26-6-4-22(16-25(26)31)21-3-5-23(24(30)15-21)28(37)35-13-9-20(10-14-35)27(33)36/h3-6,15-16,19-20H,7-14,17-18H2,1-2H3,(H2,33,36). The van der Waals surface area contributed by atoms with E-state index in [0.717, 1.165) is 25.9 Å². The summed E-state index contributed by atoms with van der Waals surface area (Å²) in [4.78, 5) is 27.8. The summed E-state index contributed by atoms with van der Waals surface area (Å²) >= 11 is 0. The molecule has 6 nitrogen and oxygen atoms in total. The number of primary amides is 1. The normalized spacial score (nSPS) is 18.0. The predicted molar refractivity (Wildman–Crippen MR) is 139 cm³/mol. The summed E-state index contributed by atoms with van der Waals surface area (Å²) in [5.74, 6) is -1.91. The maximum absolute atomic E-state index is 14.9. The minimum Gasteiger partial charge on any atom is -0.490 e. The summed E-state index contributed by atoms with van der Waals surface area (Å²) in [5, 5.41) is 0. The van der Waals surface area contributed by atoms with E-state index < -0.39 is 23.2 Å². The van der Waals surface area contributed by atoms with E-state index in [0.29, 0.717) is 50.2 Å². The first-order chi connectivity index (χ1) is 18.0. The zero-order valence-electron chi connectivity index (χ0n) is 22.0. The number of halogens is 3. The minimum absolute atomic E-state index is 0.0622. The van der Waals surface area contributed by atoms with Crippen molar-refractivity contribution in [1.82, 2.24) is 9.80 Å². The van der Waals surface area contributed by atoms with Gasteiger partial charge in [-0.25, -0.2) is 13.2 Å². The minimum atomic E-state index is -1.22. The molecule has 2 aliphatic rings. The second-order valence-electron chi connectivity index (χ2n) is 11.1. The van der Waals surface area contributed by atoms with Crippen molar-refractivity contribution in [3.8, 4) is 16.9 Å². The number of rotatable bonds is 8. The number of hydrogen-bond donors (Lipinski definition) is 1. The number of nitrogens with two attached hydrogens (primary N) is 1. The quantitative estimate of drug-likeness (QED) is 0.531. The topological polar surface area (TPSA) is 75.9 Å². The highest BCUT2D eigenvalue weighted by atomic mass is 19.1. The van der Waals surface area contributed by atoms with Crippen LogP contribution in [0.2, 0.25) is 0 Å². The number of likely N-dealkylation sites (tertiary alicyclic amines) is 2. The maximum atomic E-state index is 14.9. The van der Waals surface area contributed by atoms with E-state index >= 15 is 0 Å². The van der Waals surface area contributed by atoms with Crippen molar-refractivity contribution in [2.24, 2.45) is 17.6 Å². The van der Waals surface area contributed by atoms with Gasteiger partial charge in [0.25, 0.3) is 5.91 Å². The molecule has 4 rings (SSSR count). The van der Waals surface area contributed by atoms with Gasteiger partial charge in [-0.2, -0.15) is 0 Å². The second-order valence-corrected chi connectivity index (χ2v) is 11.1. The largest absolute Gasteiger partial charge is 0.490 e. The highest BCUT2D eigenvalue weighted by Gasteiger charge is 2.28. The van der Waals surface area contributed by atoms with Gasteiger partial charge in [-0.1, -0.05) is 12.1 Å². The highest BCUT2D eigenvalue weighted by molar-refractivity contribution is 5.95. The number of carbonyl (C=O) groups is 2. The van der Waals surface area contributed by atoms with Gasteiger partial charge in [-0.3, -0.25) is 9.59 Å². The van der Waals surface area contributed by atoms with Crippen LogP contribution < -0.4 is 10.5 Å². The SMILES string of the molecule is CC(C)(F)CN1CCC(COc2ccc(-c3ccc(C(=O)N4CCC(C(N)=O)CC4)c(F)c3)cc2F)CC1. The number of amides is 2. The van der Waals surface area contributed by atoms with Crippen LogP contribution in [0, 0.1) is 23.5 Å². The van der Waals surface area contributed by atoms with E-state index in [9.17, 15) is 22.8 Å². The van der Waals surface area contributed by atoms with Crippen molar-refractivity contribution in [2.45, 2.75) is 45.2 Å². The van der Waals surface area contributed by atoms with E-state index in [-0.39, 0.29) is 29.1 Å². The molecule has 2 fully saturated rings. The van der Waals surface area contributed by atoms with Crippen molar-refractivity contribution in [1.29, 1.82) is 0 Å². The number of piperidine rings is 2. The lowest BCUT2D eigenvalue weighted by molar-refractivity contribution is -0.123. The number of alkyl halides is 1. The third-order valence-electron chi connectivity index (χ3n) is 7.43. The Morgan fingerprint density at radius 1 is 0.947 bits per heavy atom. The van der Waals surface area contributed by atoms with Crippen molar-refractivity contribution in [3.63, 3.8) is 0 Å². The zero-order chi connectivity index (χ0) is 27.4. The number of carbonyl (C=O) groups excluding carboxylic acids is 2. The number of nitrogens with zero attached hydrogens (tertiary/aromatic N) is 2. The van der Waals surface area contributed by atoms with Crippen molar-refractivity contribution < 1.29 is 27.5 Å². The first-order valence-electron chi connectivity index (χ1n) is 13.2. The predicted octanol–water partition coefficient (Wildman–Crippen LogP) is 4.81. The van der Waals surface area contributed by atoms with Crippen LogP contribution in [0.25, 0.3) is 11.1 Å². The first-order valence-corrected chi connectivity index (χ1v) is 13.2. The molecule has 2 saturated heterocycles. The fourth-order valence-electron chi connectivity index (χ4n) is 5.25. The molecule has 2 N–H and O–H groups in total. The van der Waals surface area contributed by atoms with Crippen LogP contribution in [0.3, 0.4) is 0 Å². The Morgan fingerprint density at radius 2 is 1.55 bits per heavy atom. The van der Waals surface area contributed by atoms with Crippen molar-refractivity contribution in [3.05, 3.63) is 53.6 Å². The molecule has 38 heavy (non-hydrogen) atoms. The van der Waals surface area contributed by atoms with Crippen LogP contribution in [0.5, 0.6) is 5.75 Å². The Labute approximate surface area is 221 Å². The molecule has 2 aromatic rings. The lowest BCUT2D eigenvalue weighted by Crippen LogP contribution is -2.42. The Morgan fingerprint density at radius 3 is 2.11 bits per heavy atom. The molecule has 2 aliphatic heterocycles. The number of benzene rings is 2. The molecule has 0 unspecified atom stereocenters. The van der Waals surface area contributed by atoms with Crippen LogP contribution in [0.1, 0.15) is 49.9 Å². The molecule has 0 saturated carbocycles. The fourth-order valence-corrected chi connectivity index (χ4v) is 5.25. The maximum Gasteiger partial charge on any atom is 0.256 e. The molecule has 2 heterocycles. The molecule has 0 aliphatic carbocycles. The molecule has 0 aromatic heterocycles. The van der Waals surface area contributed by atoms with Gasteiger partial charge >= 0.3 is 0 Å². The molecular formula is C29H36F3N3O3. The van der Waals surface area contributed by atoms with E-state index in [1.165, 1.54) is 29.2 Å². The molecule has 0 radical (unpaired) electrons. The summed E-state index contributed by atoms with van der Waals surface area (Å²) < 4.78 is 49.3. The average molecular weight is 532 g/mol. The Hall–Kier alpha value is -3.07. The van der Waals surface area contributed by atoms with E-state index in [1.54, 1.807) is 26.0 Å². The van der Waals surface area contributed by atoms with Crippen LogP contribution in [-0.2, 0) is 4.79 Å². The van der Waals surface area contributed by atoms with Crippen LogP contribution in [-0.4, -0.2) is 66.6 Å². The fraction of sp³-hybridized carbons (Fsp3) is 0.517. The lowest BCUT2D eigenvalue weighted by atomic mass is 9.95. The van der Waals surface area contributed by atoms with Crippen molar-refractivity contribution >= 4 is 11.8 Å². The van der Waals surface area contributed by atoms with Crippen LogP contribution in [0.15, 0.2) is 36.4 Å². The average Bonchev–Trinajstić information content (AvgIpc) is 2.87. The molecule has 0 atom stereocenters. The van der Waals surface area contributed by atoms with Gasteiger partial charge in [0, 0.05) is 25.6 Å². The van der Waals surface area contributed by atoms with Crippen LogP contribution in [0.4, 0.5) is 13.2 Å². The highest BCUT2D eigenvalue weighted by Crippen LogP contribution is 2.29. The Kier molecular flexibility index (Phi) is 8.65. The monoisotopic (exact) mass is 531 g/mol. The molecule has 0 spiro atoms. The molecule has 9 heteroatoms. The van der Waals surface area contributed by atoms with E-state index in [2.05, 4.69) is 4.90 Å². The summed E-state index contributed by atoms with van der Waals surface area (Å²) in [5.41, 5.74) is 4.97. The third kappa shape index (κ3) is 7.07. The molecule has 2 amide bonds. The first kappa shape index (κ1) is 28.0. The summed E-state index contributed by atoms with van der Waals surface area (Å²) in [6, 6.07) is 8.72. The zero-order valence-corrected chi connectivity index (χ0v) is 22.0. The van der Waals surface area contributed by atoms with E-state index in [4.69, 9.17) is 10.5 Å². The lowest BCUT2D eigenvalue weighted by Gasteiger charge is -2.34. The second kappa shape index (κ2) is 11.8. The molecular weight excluding hydrogens is 495 g/mol. The number of ether oxygens (including phenoxy) is 1. The van der Waals surface area contributed by atoms with Crippen LogP contribution >= 0.6 is 0 Å². The van der Waals surface area contributed by atoms with Gasteiger partial charge in [-0.15, -0.1) is 0 Å². The Bertz CT molecular complexity index is 1150. The van der Waals surface area contributed by atoms with Gasteiger partial charge in [-0.05, 0) is 93.9 Å². The van der Waals surface area contributed by atoms with E-state index in [1.807, 2.05) is 0 Å². The molecule has 0 bridgehead atoms. The van der Waals surface area contributed by atoms with Crippen molar-refractivity contribution in [2.75, 3.05) is 39.3 Å². The molecule has 2 aromatic carbocycles. The van der Waals surface area contributed by atoms with Gasteiger partial charge in [0.15, 0.2) is 11.6 Å². The smallest absolute Gasteiger partial charge is 0.256 e. The third-order valence-corrected chi connectivity index (χ3v) is 7.43. The van der Waals surface area contributed by atoms with Gasteiger partial charge in [0.1, 0.15) is 11.5 Å².